The van der Waals surface area contributed by atoms with Gasteiger partial charge in [-0.15, -0.1) is 0 Å². The molecule has 0 aromatic rings. The van der Waals surface area contributed by atoms with Gasteiger partial charge in [0, 0.05) is 6.54 Å². The minimum Gasteiger partial charge on any atom is -0.327 e. The SMILES string of the molecule is CC(C)/C(=C\C1CCCCCC1)CN. The standard InChI is InChI=1S/C13H25N/c1-11(2)13(10-14)9-12-7-5-3-4-6-8-12/h9,11-12H,3-8,10,14H2,1-2H3/b13-9-. The highest BCUT2D eigenvalue weighted by Crippen LogP contribution is 2.25. The van der Waals surface area contributed by atoms with E-state index in [-0.39, 0.29) is 0 Å². The summed E-state index contributed by atoms with van der Waals surface area (Å²) in [5.41, 5.74) is 7.22. The topological polar surface area (TPSA) is 26.0 Å². The van der Waals surface area contributed by atoms with E-state index in [4.69, 9.17) is 5.73 Å². The number of hydrogen-bond acceptors (Lipinski definition) is 1. The van der Waals surface area contributed by atoms with Crippen LogP contribution < -0.4 is 5.73 Å². The normalized spacial score (nSPS) is 21.3. The highest BCUT2D eigenvalue weighted by molar-refractivity contribution is 5.08. The van der Waals surface area contributed by atoms with Crippen molar-refractivity contribution in [3.8, 4) is 0 Å². The van der Waals surface area contributed by atoms with Crippen LogP contribution in [0.4, 0.5) is 0 Å². The Morgan fingerprint density at radius 2 is 1.79 bits per heavy atom. The highest BCUT2D eigenvalue weighted by atomic mass is 14.5. The summed E-state index contributed by atoms with van der Waals surface area (Å²) in [4.78, 5) is 0. The molecule has 0 amide bonds. The molecule has 0 spiro atoms. The van der Waals surface area contributed by atoms with Gasteiger partial charge in [-0.3, -0.25) is 0 Å². The first-order valence-corrected chi connectivity index (χ1v) is 6.14. The monoisotopic (exact) mass is 195 g/mol. The van der Waals surface area contributed by atoms with Gasteiger partial charge < -0.3 is 5.73 Å². The molecule has 82 valence electrons. The van der Waals surface area contributed by atoms with Crippen molar-refractivity contribution in [3.05, 3.63) is 11.6 Å². The third-order valence-corrected chi connectivity index (χ3v) is 3.33. The molecular weight excluding hydrogens is 170 g/mol. The van der Waals surface area contributed by atoms with E-state index in [9.17, 15) is 0 Å². The molecule has 14 heavy (non-hydrogen) atoms. The van der Waals surface area contributed by atoms with Gasteiger partial charge in [-0.2, -0.15) is 0 Å². The molecule has 0 radical (unpaired) electrons. The van der Waals surface area contributed by atoms with Crippen LogP contribution in [0.3, 0.4) is 0 Å². The minimum absolute atomic E-state index is 0.628. The van der Waals surface area contributed by atoms with Gasteiger partial charge in [0.25, 0.3) is 0 Å². The summed E-state index contributed by atoms with van der Waals surface area (Å²) >= 11 is 0. The average molecular weight is 195 g/mol. The zero-order valence-corrected chi connectivity index (χ0v) is 9.76. The molecule has 0 aliphatic heterocycles. The van der Waals surface area contributed by atoms with Crippen LogP contribution >= 0.6 is 0 Å². The maximum Gasteiger partial charge on any atom is 0.0139 e. The lowest BCUT2D eigenvalue weighted by Crippen LogP contribution is -2.10. The van der Waals surface area contributed by atoms with Crippen molar-refractivity contribution in [2.24, 2.45) is 17.6 Å². The van der Waals surface area contributed by atoms with Crippen LogP contribution in [0.15, 0.2) is 11.6 Å². The molecule has 0 atom stereocenters. The number of nitrogens with two attached hydrogens (primary N) is 1. The first kappa shape index (κ1) is 11.8. The molecule has 0 heterocycles. The van der Waals surface area contributed by atoms with Crippen LogP contribution in [0, 0.1) is 11.8 Å². The largest absolute Gasteiger partial charge is 0.327 e. The van der Waals surface area contributed by atoms with E-state index in [0.717, 1.165) is 12.5 Å². The van der Waals surface area contributed by atoms with Gasteiger partial charge in [-0.25, -0.2) is 0 Å². The second-order valence-electron chi connectivity index (χ2n) is 4.85. The molecule has 1 heteroatoms. The Labute approximate surface area is 88.8 Å². The molecule has 1 aliphatic carbocycles. The number of rotatable bonds is 3. The lowest BCUT2D eigenvalue weighted by atomic mass is 9.93. The van der Waals surface area contributed by atoms with Gasteiger partial charge in [0.05, 0.1) is 0 Å². The van der Waals surface area contributed by atoms with Gasteiger partial charge in [0.1, 0.15) is 0 Å². The lowest BCUT2D eigenvalue weighted by Gasteiger charge is -2.14. The van der Waals surface area contributed by atoms with E-state index in [0.29, 0.717) is 5.92 Å². The Hall–Kier alpha value is -0.300. The Morgan fingerprint density at radius 1 is 1.21 bits per heavy atom. The maximum absolute atomic E-state index is 5.76. The van der Waals surface area contributed by atoms with E-state index in [1.165, 1.54) is 44.1 Å². The van der Waals surface area contributed by atoms with Gasteiger partial charge in [-0.05, 0) is 24.7 Å². The van der Waals surface area contributed by atoms with Gasteiger partial charge in [-0.1, -0.05) is 51.2 Å². The molecule has 0 saturated heterocycles. The molecule has 1 rings (SSSR count). The summed E-state index contributed by atoms with van der Waals surface area (Å²) in [6.07, 6.45) is 10.9. The van der Waals surface area contributed by atoms with Crippen molar-refractivity contribution in [1.82, 2.24) is 0 Å². The summed E-state index contributed by atoms with van der Waals surface area (Å²) in [6, 6.07) is 0. The van der Waals surface area contributed by atoms with E-state index < -0.39 is 0 Å². The Balaban J connectivity index is 2.52. The lowest BCUT2D eigenvalue weighted by molar-refractivity contribution is 0.547. The summed E-state index contributed by atoms with van der Waals surface area (Å²) in [6.45, 7) is 5.24. The van der Waals surface area contributed by atoms with Gasteiger partial charge in [0.15, 0.2) is 0 Å². The van der Waals surface area contributed by atoms with Crippen LogP contribution in [-0.4, -0.2) is 6.54 Å². The fourth-order valence-corrected chi connectivity index (χ4v) is 2.28. The van der Waals surface area contributed by atoms with E-state index >= 15 is 0 Å². The Bertz CT molecular complexity index is 174. The average Bonchev–Trinajstić information content (AvgIpc) is 2.41. The Kier molecular flexibility index (Phi) is 5.24. The van der Waals surface area contributed by atoms with Crippen molar-refractivity contribution >= 4 is 0 Å². The fraction of sp³-hybridized carbons (Fsp3) is 0.846. The molecule has 0 bridgehead atoms. The minimum atomic E-state index is 0.628. The summed E-state index contributed by atoms with van der Waals surface area (Å²) in [5, 5.41) is 0. The number of allylic oxidation sites excluding steroid dienone is 1. The second kappa shape index (κ2) is 6.23. The zero-order valence-electron chi connectivity index (χ0n) is 9.76. The highest BCUT2D eigenvalue weighted by Gasteiger charge is 2.11. The molecule has 0 aromatic heterocycles. The summed E-state index contributed by atoms with van der Waals surface area (Å²) in [5.74, 6) is 1.45. The molecule has 2 N–H and O–H groups in total. The van der Waals surface area contributed by atoms with Crippen LogP contribution in [-0.2, 0) is 0 Å². The quantitative estimate of drug-likeness (QED) is 0.541. The predicted octanol–water partition coefficient (Wildman–Crippen LogP) is 3.50. The van der Waals surface area contributed by atoms with Crippen molar-refractivity contribution in [2.45, 2.75) is 52.4 Å². The van der Waals surface area contributed by atoms with Crippen molar-refractivity contribution < 1.29 is 0 Å². The van der Waals surface area contributed by atoms with Crippen molar-refractivity contribution in [2.75, 3.05) is 6.54 Å². The fourth-order valence-electron chi connectivity index (χ4n) is 2.28. The Morgan fingerprint density at radius 3 is 2.21 bits per heavy atom. The summed E-state index contributed by atoms with van der Waals surface area (Å²) < 4.78 is 0. The van der Waals surface area contributed by atoms with Crippen LogP contribution in [0.2, 0.25) is 0 Å². The molecule has 1 fully saturated rings. The predicted molar refractivity (Wildman–Crippen MR) is 63.2 cm³/mol. The summed E-state index contributed by atoms with van der Waals surface area (Å²) in [7, 11) is 0. The van der Waals surface area contributed by atoms with Crippen LogP contribution in [0.25, 0.3) is 0 Å². The first-order chi connectivity index (χ1) is 6.74. The van der Waals surface area contributed by atoms with E-state index in [1.807, 2.05) is 0 Å². The number of hydrogen-bond donors (Lipinski definition) is 1. The van der Waals surface area contributed by atoms with Crippen molar-refractivity contribution in [3.63, 3.8) is 0 Å². The smallest absolute Gasteiger partial charge is 0.0139 e. The van der Waals surface area contributed by atoms with Crippen LogP contribution in [0.1, 0.15) is 52.4 Å². The van der Waals surface area contributed by atoms with Gasteiger partial charge in [0.2, 0.25) is 0 Å². The molecule has 1 saturated carbocycles. The zero-order chi connectivity index (χ0) is 10.4. The molecule has 1 aliphatic rings. The third kappa shape index (κ3) is 3.83. The van der Waals surface area contributed by atoms with Crippen LogP contribution in [0.5, 0.6) is 0 Å². The molecule has 0 unspecified atom stereocenters. The first-order valence-electron chi connectivity index (χ1n) is 6.14. The van der Waals surface area contributed by atoms with E-state index in [2.05, 4.69) is 19.9 Å². The second-order valence-corrected chi connectivity index (χ2v) is 4.85. The molecular formula is C13H25N. The van der Waals surface area contributed by atoms with Gasteiger partial charge >= 0.3 is 0 Å². The molecule has 1 nitrogen and oxygen atoms in total. The van der Waals surface area contributed by atoms with Crippen molar-refractivity contribution in [1.29, 1.82) is 0 Å². The maximum atomic E-state index is 5.76. The third-order valence-electron chi connectivity index (χ3n) is 3.33. The van der Waals surface area contributed by atoms with E-state index in [1.54, 1.807) is 0 Å². The molecule has 0 aromatic carbocycles.